The Morgan fingerprint density at radius 3 is 2.81 bits per heavy atom. The highest BCUT2D eigenvalue weighted by Gasteiger charge is 2.14. The lowest BCUT2D eigenvalue weighted by Crippen LogP contribution is -2.31. The molecule has 112 valence electrons. The monoisotopic (exact) mass is 283 g/mol. The number of nitrogens with one attached hydrogen (secondary N) is 1. The minimum absolute atomic E-state index is 0.698. The van der Waals surface area contributed by atoms with Crippen molar-refractivity contribution in [1.29, 1.82) is 0 Å². The Bertz CT molecular complexity index is 575. The van der Waals surface area contributed by atoms with Crippen LogP contribution in [-0.2, 0) is 6.54 Å². The van der Waals surface area contributed by atoms with Crippen molar-refractivity contribution < 1.29 is 0 Å². The van der Waals surface area contributed by atoms with Crippen molar-refractivity contribution in [2.24, 2.45) is 5.92 Å². The average Bonchev–Trinajstić information content (AvgIpc) is 3.00. The summed E-state index contributed by atoms with van der Waals surface area (Å²) in [5.41, 5.74) is 2.21. The van der Waals surface area contributed by atoms with Gasteiger partial charge in [0.05, 0.1) is 11.2 Å². The van der Waals surface area contributed by atoms with Gasteiger partial charge in [0.2, 0.25) is 0 Å². The van der Waals surface area contributed by atoms with Gasteiger partial charge in [-0.15, -0.1) is 0 Å². The van der Waals surface area contributed by atoms with Gasteiger partial charge in [-0.05, 0) is 50.5 Å². The standard InChI is InChI=1S/C18H25N3/c1-15(14-21-10-4-5-11-21)12-19-13-17-9-8-16-6-2-3-7-18(16)20-17/h2-3,6-9,15,19H,4-5,10-14H2,1H3. The normalized spacial score (nSPS) is 17.4. The van der Waals surface area contributed by atoms with E-state index in [2.05, 4.69) is 47.5 Å². The van der Waals surface area contributed by atoms with E-state index >= 15 is 0 Å². The Kier molecular flexibility index (Phi) is 4.84. The van der Waals surface area contributed by atoms with Gasteiger partial charge in [0, 0.05) is 18.5 Å². The molecule has 0 radical (unpaired) electrons. The van der Waals surface area contributed by atoms with E-state index in [1.165, 1.54) is 37.9 Å². The Balaban J connectivity index is 1.47. The lowest BCUT2D eigenvalue weighted by Gasteiger charge is -2.20. The first-order valence-corrected chi connectivity index (χ1v) is 8.09. The van der Waals surface area contributed by atoms with Crippen LogP contribution >= 0.6 is 0 Å². The SMILES string of the molecule is CC(CNCc1ccc2ccccc2n1)CN1CCCC1. The fraction of sp³-hybridized carbons (Fsp3) is 0.500. The molecule has 21 heavy (non-hydrogen) atoms. The number of aromatic nitrogens is 1. The lowest BCUT2D eigenvalue weighted by molar-refractivity contribution is 0.282. The van der Waals surface area contributed by atoms with Crippen LogP contribution in [0.2, 0.25) is 0 Å². The molecule has 1 unspecified atom stereocenters. The molecule has 0 spiro atoms. The van der Waals surface area contributed by atoms with Crippen molar-refractivity contribution in [1.82, 2.24) is 15.2 Å². The third-order valence-electron chi connectivity index (χ3n) is 4.22. The molecule has 2 heterocycles. The lowest BCUT2D eigenvalue weighted by atomic mass is 10.1. The van der Waals surface area contributed by atoms with Gasteiger partial charge < -0.3 is 10.2 Å². The molecule has 3 rings (SSSR count). The van der Waals surface area contributed by atoms with E-state index < -0.39 is 0 Å². The van der Waals surface area contributed by atoms with E-state index in [0.29, 0.717) is 5.92 Å². The molecule has 3 nitrogen and oxygen atoms in total. The largest absolute Gasteiger partial charge is 0.311 e. The summed E-state index contributed by atoms with van der Waals surface area (Å²) < 4.78 is 0. The van der Waals surface area contributed by atoms with E-state index in [1.807, 2.05) is 6.07 Å². The third-order valence-corrected chi connectivity index (χ3v) is 4.22. The Morgan fingerprint density at radius 2 is 1.95 bits per heavy atom. The van der Waals surface area contributed by atoms with Crippen molar-refractivity contribution in [3.63, 3.8) is 0 Å². The molecule has 1 aliphatic rings. The maximum atomic E-state index is 4.70. The van der Waals surface area contributed by atoms with Gasteiger partial charge in [0.15, 0.2) is 0 Å². The minimum atomic E-state index is 0.698. The van der Waals surface area contributed by atoms with Crippen LogP contribution in [0.4, 0.5) is 0 Å². The minimum Gasteiger partial charge on any atom is -0.311 e. The number of nitrogens with zero attached hydrogens (tertiary/aromatic N) is 2. The zero-order valence-electron chi connectivity index (χ0n) is 12.9. The van der Waals surface area contributed by atoms with Gasteiger partial charge in [-0.25, -0.2) is 0 Å². The summed E-state index contributed by atoms with van der Waals surface area (Å²) in [6.45, 7) is 8.05. The van der Waals surface area contributed by atoms with Gasteiger partial charge >= 0.3 is 0 Å². The molecule has 1 aliphatic heterocycles. The maximum Gasteiger partial charge on any atom is 0.0705 e. The first kappa shape index (κ1) is 14.5. The highest BCUT2D eigenvalue weighted by molar-refractivity contribution is 5.78. The first-order valence-electron chi connectivity index (χ1n) is 8.09. The molecule has 0 amide bonds. The predicted octanol–water partition coefficient (Wildman–Crippen LogP) is 3.06. The van der Waals surface area contributed by atoms with Crippen molar-refractivity contribution in [3.05, 3.63) is 42.1 Å². The fourth-order valence-electron chi connectivity index (χ4n) is 3.12. The Morgan fingerprint density at radius 1 is 1.14 bits per heavy atom. The zero-order valence-corrected chi connectivity index (χ0v) is 12.9. The molecule has 3 heteroatoms. The number of likely N-dealkylation sites (tertiary alicyclic amines) is 1. The van der Waals surface area contributed by atoms with Gasteiger partial charge in [0.1, 0.15) is 0 Å². The van der Waals surface area contributed by atoms with Crippen LogP contribution in [0.3, 0.4) is 0 Å². The number of benzene rings is 1. The molecule has 2 aromatic rings. The Labute approximate surface area is 127 Å². The van der Waals surface area contributed by atoms with Crippen molar-refractivity contribution in [2.45, 2.75) is 26.3 Å². The summed E-state index contributed by atoms with van der Waals surface area (Å²) in [6.07, 6.45) is 2.75. The van der Waals surface area contributed by atoms with E-state index in [9.17, 15) is 0 Å². The van der Waals surface area contributed by atoms with Crippen LogP contribution in [-0.4, -0.2) is 36.1 Å². The highest BCUT2D eigenvalue weighted by atomic mass is 15.1. The second kappa shape index (κ2) is 7.01. The average molecular weight is 283 g/mol. The van der Waals surface area contributed by atoms with E-state index in [4.69, 9.17) is 4.98 Å². The van der Waals surface area contributed by atoms with Crippen LogP contribution in [0.15, 0.2) is 36.4 Å². The van der Waals surface area contributed by atoms with E-state index in [0.717, 1.165) is 24.3 Å². The summed E-state index contributed by atoms with van der Waals surface area (Å²) in [7, 11) is 0. The molecule has 1 aromatic heterocycles. The summed E-state index contributed by atoms with van der Waals surface area (Å²) in [6, 6.07) is 12.6. The van der Waals surface area contributed by atoms with E-state index in [-0.39, 0.29) is 0 Å². The molecule has 0 bridgehead atoms. The molecule has 0 aliphatic carbocycles. The van der Waals surface area contributed by atoms with E-state index in [1.54, 1.807) is 0 Å². The number of para-hydroxylation sites is 1. The topological polar surface area (TPSA) is 28.2 Å². The second-order valence-corrected chi connectivity index (χ2v) is 6.24. The summed E-state index contributed by atoms with van der Waals surface area (Å²) in [5, 5.41) is 4.76. The molecule has 1 atom stereocenters. The van der Waals surface area contributed by atoms with Gasteiger partial charge in [-0.3, -0.25) is 4.98 Å². The van der Waals surface area contributed by atoms with Crippen molar-refractivity contribution in [3.8, 4) is 0 Å². The molecular weight excluding hydrogens is 258 g/mol. The molecular formula is C18H25N3. The number of hydrogen-bond donors (Lipinski definition) is 1. The number of hydrogen-bond acceptors (Lipinski definition) is 3. The maximum absolute atomic E-state index is 4.70. The highest BCUT2D eigenvalue weighted by Crippen LogP contribution is 2.12. The third kappa shape index (κ3) is 4.02. The number of rotatable bonds is 6. The van der Waals surface area contributed by atoms with Crippen LogP contribution in [0.25, 0.3) is 10.9 Å². The first-order chi connectivity index (χ1) is 10.3. The fourth-order valence-corrected chi connectivity index (χ4v) is 3.12. The summed E-state index contributed by atoms with van der Waals surface area (Å²) in [4.78, 5) is 7.29. The van der Waals surface area contributed by atoms with Gasteiger partial charge in [-0.1, -0.05) is 31.2 Å². The van der Waals surface area contributed by atoms with Crippen LogP contribution < -0.4 is 5.32 Å². The van der Waals surface area contributed by atoms with Crippen molar-refractivity contribution in [2.75, 3.05) is 26.2 Å². The molecule has 1 N–H and O–H groups in total. The van der Waals surface area contributed by atoms with Crippen LogP contribution in [0, 0.1) is 5.92 Å². The number of fused-ring (bicyclic) bond motifs is 1. The summed E-state index contributed by atoms with van der Waals surface area (Å²) in [5.74, 6) is 0.698. The van der Waals surface area contributed by atoms with Crippen LogP contribution in [0.1, 0.15) is 25.5 Å². The van der Waals surface area contributed by atoms with Gasteiger partial charge in [-0.2, -0.15) is 0 Å². The smallest absolute Gasteiger partial charge is 0.0705 e. The molecule has 1 aromatic carbocycles. The van der Waals surface area contributed by atoms with Crippen molar-refractivity contribution >= 4 is 10.9 Å². The molecule has 1 saturated heterocycles. The Hall–Kier alpha value is -1.45. The molecule has 1 fully saturated rings. The zero-order chi connectivity index (χ0) is 14.5. The predicted molar refractivity (Wildman–Crippen MR) is 88.3 cm³/mol. The molecule has 0 saturated carbocycles. The quantitative estimate of drug-likeness (QED) is 0.883. The van der Waals surface area contributed by atoms with Crippen LogP contribution in [0.5, 0.6) is 0 Å². The van der Waals surface area contributed by atoms with Gasteiger partial charge in [0.25, 0.3) is 0 Å². The second-order valence-electron chi connectivity index (χ2n) is 6.24. The summed E-state index contributed by atoms with van der Waals surface area (Å²) >= 11 is 0. The number of pyridine rings is 1.